The summed E-state index contributed by atoms with van der Waals surface area (Å²) in [5.74, 6) is 2.75. The zero-order valence-electron chi connectivity index (χ0n) is 10.1. The van der Waals surface area contributed by atoms with Crippen molar-refractivity contribution in [3.63, 3.8) is 0 Å². The number of hydrogen-bond acceptors (Lipinski definition) is 3. The van der Waals surface area contributed by atoms with E-state index in [1.807, 2.05) is 0 Å². The van der Waals surface area contributed by atoms with Crippen LogP contribution in [0.4, 0.5) is 0 Å². The Kier molecular flexibility index (Phi) is 2.06. The summed E-state index contributed by atoms with van der Waals surface area (Å²) in [5, 5.41) is 8.38. The van der Waals surface area contributed by atoms with Crippen LogP contribution in [0, 0.1) is 21.1 Å². The third-order valence-corrected chi connectivity index (χ3v) is 5.64. The molecule has 0 spiro atoms. The lowest BCUT2D eigenvalue weighted by Crippen LogP contribution is -2.53. The van der Waals surface area contributed by atoms with Crippen LogP contribution in [0.1, 0.15) is 51.3 Å². The van der Waals surface area contributed by atoms with Gasteiger partial charge in [-0.2, -0.15) is 0 Å². The van der Waals surface area contributed by atoms with E-state index in [0.29, 0.717) is 9.31 Å². The van der Waals surface area contributed by atoms with E-state index in [4.69, 9.17) is 4.42 Å². The van der Waals surface area contributed by atoms with Gasteiger partial charge in [0.2, 0.25) is 5.89 Å². The van der Waals surface area contributed by atoms with Crippen molar-refractivity contribution >= 4 is 22.6 Å². The van der Waals surface area contributed by atoms with Crippen molar-refractivity contribution in [1.82, 2.24) is 10.2 Å². The van der Waals surface area contributed by atoms with E-state index < -0.39 is 0 Å². The molecule has 4 fully saturated rings. The van der Waals surface area contributed by atoms with Crippen molar-refractivity contribution in [3.8, 4) is 0 Å². The summed E-state index contributed by atoms with van der Waals surface area (Å²) in [6, 6.07) is 0. The Balaban J connectivity index is 1.79. The fraction of sp³-hybridized carbons (Fsp3) is 0.846. The molecule has 92 valence electrons. The molecular formula is C13H17IN2O. The topological polar surface area (TPSA) is 38.9 Å². The third-order valence-electron chi connectivity index (χ3n) is 5.21. The molecule has 0 aliphatic heterocycles. The molecule has 4 bridgehead atoms. The average molecular weight is 344 g/mol. The van der Waals surface area contributed by atoms with E-state index in [2.05, 4.69) is 39.7 Å². The predicted octanol–water partition coefficient (Wildman–Crippen LogP) is 3.53. The Morgan fingerprint density at radius 1 is 1.18 bits per heavy atom. The second-order valence-electron chi connectivity index (χ2n) is 6.91. The number of halogens is 1. The third kappa shape index (κ3) is 1.52. The zero-order valence-corrected chi connectivity index (χ0v) is 12.2. The molecule has 4 saturated carbocycles. The van der Waals surface area contributed by atoms with Gasteiger partial charge in [0, 0.05) is 28.0 Å². The van der Waals surface area contributed by atoms with Gasteiger partial charge in [0.1, 0.15) is 0 Å². The van der Waals surface area contributed by atoms with E-state index >= 15 is 0 Å². The summed E-state index contributed by atoms with van der Waals surface area (Å²) in [4.78, 5) is 0. The van der Waals surface area contributed by atoms with E-state index in [9.17, 15) is 0 Å². The van der Waals surface area contributed by atoms with E-state index in [1.54, 1.807) is 0 Å². The molecule has 4 aliphatic carbocycles. The number of aromatic nitrogens is 2. The first-order chi connectivity index (χ1) is 8.07. The minimum absolute atomic E-state index is 0.231. The first kappa shape index (κ1) is 10.8. The van der Waals surface area contributed by atoms with Gasteiger partial charge in [0.25, 0.3) is 3.90 Å². The van der Waals surface area contributed by atoms with Crippen molar-refractivity contribution in [2.75, 3.05) is 0 Å². The molecule has 0 radical (unpaired) electrons. The van der Waals surface area contributed by atoms with Crippen molar-refractivity contribution < 1.29 is 4.42 Å². The lowest BCUT2D eigenvalue weighted by Gasteiger charge is -2.59. The molecule has 1 aromatic rings. The second-order valence-corrected chi connectivity index (χ2v) is 7.84. The van der Waals surface area contributed by atoms with Crippen LogP contribution in [0.3, 0.4) is 0 Å². The van der Waals surface area contributed by atoms with Gasteiger partial charge in [0.15, 0.2) is 0 Å². The molecule has 5 rings (SSSR count). The van der Waals surface area contributed by atoms with Gasteiger partial charge in [0.05, 0.1) is 0 Å². The van der Waals surface area contributed by atoms with Crippen LogP contribution in [-0.4, -0.2) is 10.2 Å². The Bertz CT molecular complexity index is 456. The van der Waals surface area contributed by atoms with Crippen LogP contribution < -0.4 is 0 Å². The Morgan fingerprint density at radius 3 is 2.41 bits per heavy atom. The van der Waals surface area contributed by atoms with E-state index in [0.717, 1.165) is 17.7 Å². The summed E-state index contributed by atoms with van der Waals surface area (Å²) >= 11 is 2.12. The van der Waals surface area contributed by atoms with Gasteiger partial charge >= 0.3 is 0 Å². The Hall–Kier alpha value is -0.130. The summed E-state index contributed by atoms with van der Waals surface area (Å²) in [6.07, 6.45) is 8.15. The van der Waals surface area contributed by atoms with E-state index in [-0.39, 0.29) is 5.41 Å². The fourth-order valence-corrected chi connectivity index (χ4v) is 5.71. The molecule has 4 heteroatoms. The number of nitrogens with zero attached hydrogens (tertiary/aromatic N) is 2. The smallest absolute Gasteiger partial charge is 0.278 e. The lowest BCUT2D eigenvalue weighted by molar-refractivity contribution is -0.0712. The Labute approximate surface area is 115 Å². The molecule has 17 heavy (non-hydrogen) atoms. The molecule has 2 unspecified atom stereocenters. The summed E-state index contributed by atoms with van der Waals surface area (Å²) < 4.78 is 6.47. The monoisotopic (exact) mass is 344 g/mol. The van der Waals surface area contributed by atoms with Crippen LogP contribution >= 0.6 is 22.6 Å². The maximum absolute atomic E-state index is 5.78. The highest BCUT2D eigenvalue weighted by atomic mass is 127. The maximum atomic E-state index is 5.78. The van der Waals surface area contributed by atoms with Gasteiger partial charge in [-0.3, -0.25) is 0 Å². The first-order valence-corrected chi connectivity index (χ1v) is 7.64. The molecule has 3 nitrogen and oxygen atoms in total. The van der Waals surface area contributed by atoms with Crippen molar-refractivity contribution in [2.24, 2.45) is 17.3 Å². The molecule has 1 aromatic heterocycles. The summed E-state index contributed by atoms with van der Waals surface area (Å²) in [6.45, 7) is 2.47. The standard InChI is InChI=1S/C13H17IN2O/c1-12-3-8-2-9(4-12)6-13(5-8,7-12)10-15-16-11(14)17-10/h8-9H,2-7H2,1H3. The van der Waals surface area contributed by atoms with Crippen LogP contribution in [0.2, 0.25) is 0 Å². The van der Waals surface area contributed by atoms with Crippen molar-refractivity contribution in [2.45, 2.75) is 50.9 Å². The number of rotatable bonds is 1. The normalized spacial score (nSPS) is 47.6. The average Bonchev–Trinajstić information content (AvgIpc) is 2.61. The van der Waals surface area contributed by atoms with Gasteiger partial charge in [-0.05, 0) is 55.8 Å². The Morgan fingerprint density at radius 2 is 1.88 bits per heavy atom. The fourth-order valence-electron chi connectivity index (χ4n) is 5.39. The zero-order chi connectivity index (χ0) is 11.7. The molecule has 0 saturated heterocycles. The molecule has 0 amide bonds. The SMILES string of the molecule is CC12CC3CC(C1)CC(c1nnc(I)o1)(C3)C2. The summed E-state index contributed by atoms with van der Waals surface area (Å²) in [5.41, 5.74) is 0.777. The quantitative estimate of drug-likeness (QED) is 0.732. The van der Waals surface area contributed by atoms with Gasteiger partial charge in [-0.15, -0.1) is 10.2 Å². The highest BCUT2D eigenvalue weighted by Crippen LogP contribution is 2.65. The molecule has 1 heterocycles. The van der Waals surface area contributed by atoms with Gasteiger partial charge in [-0.1, -0.05) is 6.92 Å². The van der Waals surface area contributed by atoms with Crippen LogP contribution in [-0.2, 0) is 5.41 Å². The highest BCUT2D eigenvalue weighted by molar-refractivity contribution is 14.1. The highest BCUT2D eigenvalue weighted by Gasteiger charge is 2.58. The van der Waals surface area contributed by atoms with Crippen LogP contribution in [0.15, 0.2) is 4.42 Å². The minimum atomic E-state index is 0.231. The maximum Gasteiger partial charge on any atom is 0.278 e. The molecule has 4 aliphatic rings. The second kappa shape index (κ2) is 3.25. The van der Waals surface area contributed by atoms with E-state index in [1.165, 1.54) is 38.5 Å². The minimum Gasteiger partial charge on any atom is -0.416 e. The van der Waals surface area contributed by atoms with Crippen LogP contribution in [0.5, 0.6) is 0 Å². The molecular weight excluding hydrogens is 327 g/mol. The largest absolute Gasteiger partial charge is 0.416 e. The van der Waals surface area contributed by atoms with Gasteiger partial charge in [-0.25, -0.2) is 0 Å². The molecule has 2 atom stereocenters. The number of hydrogen-bond donors (Lipinski definition) is 0. The van der Waals surface area contributed by atoms with Crippen LogP contribution in [0.25, 0.3) is 0 Å². The molecule has 0 N–H and O–H groups in total. The predicted molar refractivity (Wildman–Crippen MR) is 71.5 cm³/mol. The molecule has 0 aromatic carbocycles. The van der Waals surface area contributed by atoms with Crippen molar-refractivity contribution in [3.05, 3.63) is 9.79 Å². The lowest BCUT2D eigenvalue weighted by atomic mass is 9.44. The van der Waals surface area contributed by atoms with Crippen molar-refractivity contribution in [1.29, 1.82) is 0 Å². The first-order valence-electron chi connectivity index (χ1n) is 6.57. The van der Waals surface area contributed by atoms with Gasteiger partial charge < -0.3 is 4.42 Å². The summed E-state index contributed by atoms with van der Waals surface area (Å²) in [7, 11) is 0.